The lowest BCUT2D eigenvalue weighted by molar-refractivity contribution is -0.0888. The molecular formula is C18H17N5O6S. The van der Waals surface area contributed by atoms with Crippen molar-refractivity contribution in [3.8, 4) is 0 Å². The van der Waals surface area contributed by atoms with Gasteiger partial charge in [0.1, 0.15) is 30.2 Å². The van der Waals surface area contributed by atoms with E-state index in [0.29, 0.717) is 16.9 Å². The number of hydrogen-bond donors (Lipinski definition) is 3. The fourth-order valence-corrected chi connectivity index (χ4v) is 4.25. The predicted molar refractivity (Wildman–Crippen MR) is 104 cm³/mol. The van der Waals surface area contributed by atoms with Crippen molar-refractivity contribution >= 4 is 33.6 Å². The molecule has 1 aromatic carbocycles. The molecule has 5 rings (SSSR count). The standard InChI is InChI=1S/C18H17N5O6S/c19-30(26,27)29-15-14-18(15,25)13(24)17(28-14)23-9-22-12-11(20-8-21-16(12)23)7-6-10-4-2-1-3-5-10/h1-9,13-15,17,24-25H,(H2,19,26,27)/b7-6+/t13-,14+,15?,17+,18-/m0/s1. The fraction of sp³-hybridized carbons (Fsp3) is 0.278. The number of hydrogen-bond acceptors (Lipinski definition) is 9. The molecule has 2 aliphatic rings. The summed E-state index contributed by atoms with van der Waals surface area (Å²) in [5.74, 6) is 0. The summed E-state index contributed by atoms with van der Waals surface area (Å²) in [6, 6.07) is 9.66. The maximum atomic E-state index is 11.1. The molecule has 0 amide bonds. The van der Waals surface area contributed by atoms with Gasteiger partial charge in [0, 0.05) is 0 Å². The zero-order valence-electron chi connectivity index (χ0n) is 15.3. The van der Waals surface area contributed by atoms with E-state index in [-0.39, 0.29) is 0 Å². The number of benzene rings is 1. The molecule has 30 heavy (non-hydrogen) atoms. The highest BCUT2D eigenvalue weighted by Crippen LogP contribution is 2.55. The van der Waals surface area contributed by atoms with Crippen LogP contribution in [0.1, 0.15) is 17.5 Å². The maximum Gasteiger partial charge on any atom is 0.333 e. The van der Waals surface area contributed by atoms with E-state index in [0.717, 1.165) is 5.56 Å². The highest BCUT2D eigenvalue weighted by molar-refractivity contribution is 7.84. The normalized spacial score (nSPS) is 30.8. The monoisotopic (exact) mass is 431 g/mol. The number of aliphatic hydroxyl groups is 2. The second-order valence-corrected chi connectivity index (χ2v) is 8.29. The molecule has 2 aromatic heterocycles. The molecule has 1 saturated heterocycles. The van der Waals surface area contributed by atoms with Gasteiger partial charge in [-0.15, -0.1) is 0 Å². The topological polar surface area (TPSA) is 163 Å². The van der Waals surface area contributed by atoms with Crippen LogP contribution in [-0.4, -0.2) is 62.1 Å². The number of aromatic nitrogens is 4. The molecule has 12 heteroatoms. The Hall–Kier alpha value is -2.74. The minimum Gasteiger partial charge on any atom is -0.385 e. The Morgan fingerprint density at radius 3 is 2.63 bits per heavy atom. The Morgan fingerprint density at radius 2 is 1.97 bits per heavy atom. The van der Waals surface area contributed by atoms with Gasteiger partial charge in [-0.1, -0.05) is 36.4 Å². The van der Waals surface area contributed by atoms with Crippen molar-refractivity contribution in [1.29, 1.82) is 0 Å². The first-order valence-electron chi connectivity index (χ1n) is 8.96. The largest absolute Gasteiger partial charge is 0.385 e. The Balaban J connectivity index is 1.43. The van der Waals surface area contributed by atoms with Crippen LogP contribution in [0.15, 0.2) is 43.0 Å². The van der Waals surface area contributed by atoms with Crippen molar-refractivity contribution in [3.05, 3.63) is 54.2 Å². The van der Waals surface area contributed by atoms with Crippen LogP contribution in [0.2, 0.25) is 0 Å². The summed E-state index contributed by atoms with van der Waals surface area (Å²) in [6.45, 7) is 0. The number of nitrogens with zero attached hydrogens (tertiary/aromatic N) is 4. The van der Waals surface area contributed by atoms with Gasteiger partial charge in [0.25, 0.3) is 0 Å². The lowest BCUT2D eigenvalue weighted by Crippen LogP contribution is -2.38. The van der Waals surface area contributed by atoms with Crippen LogP contribution in [0.25, 0.3) is 23.3 Å². The lowest BCUT2D eigenvalue weighted by Gasteiger charge is -2.23. The first-order chi connectivity index (χ1) is 14.3. The van der Waals surface area contributed by atoms with Crippen LogP contribution in [0.4, 0.5) is 0 Å². The first kappa shape index (κ1) is 19.2. The molecule has 5 atom stereocenters. The molecule has 11 nitrogen and oxygen atoms in total. The van der Waals surface area contributed by atoms with Crippen LogP contribution in [0.3, 0.4) is 0 Å². The minimum atomic E-state index is -4.30. The van der Waals surface area contributed by atoms with Crippen molar-refractivity contribution in [1.82, 2.24) is 19.5 Å². The first-order valence-corrected chi connectivity index (χ1v) is 10.4. The molecule has 4 N–H and O–H groups in total. The van der Waals surface area contributed by atoms with E-state index in [1.54, 1.807) is 6.08 Å². The highest BCUT2D eigenvalue weighted by Gasteiger charge is 2.79. The summed E-state index contributed by atoms with van der Waals surface area (Å²) < 4.78 is 33.9. The second-order valence-electron chi connectivity index (χ2n) is 7.12. The molecule has 1 unspecified atom stereocenters. The SMILES string of the molecule is NS(=O)(=O)OC1[C@H]2O[C@@H](n3cnc4c(/C=C/c5ccccc5)ncnc43)[C@H](O)[C@@]12O. The molecule has 1 aliphatic carbocycles. The Labute approximate surface area is 170 Å². The molecule has 3 heterocycles. The van der Waals surface area contributed by atoms with Gasteiger partial charge in [0.2, 0.25) is 0 Å². The number of imidazole rings is 1. The van der Waals surface area contributed by atoms with E-state index in [2.05, 4.69) is 19.1 Å². The van der Waals surface area contributed by atoms with Crippen molar-refractivity contribution < 1.29 is 27.6 Å². The average molecular weight is 431 g/mol. The third-order valence-electron chi connectivity index (χ3n) is 5.24. The van der Waals surface area contributed by atoms with E-state index in [4.69, 9.17) is 9.88 Å². The maximum absolute atomic E-state index is 11.1. The summed E-state index contributed by atoms with van der Waals surface area (Å²) in [7, 11) is -4.30. The third-order valence-corrected chi connectivity index (χ3v) is 5.72. The quantitative estimate of drug-likeness (QED) is 0.487. The van der Waals surface area contributed by atoms with Crippen LogP contribution >= 0.6 is 0 Å². The van der Waals surface area contributed by atoms with Gasteiger partial charge in [-0.2, -0.15) is 8.42 Å². The summed E-state index contributed by atoms with van der Waals surface area (Å²) in [5, 5.41) is 26.0. The molecule has 1 saturated carbocycles. The van der Waals surface area contributed by atoms with E-state index < -0.39 is 40.4 Å². The number of aliphatic hydroxyl groups excluding tert-OH is 1. The van der Waals surface area contributed by atoms with E-state index in [1.807, 2.05) is 36.4 Å². The van der Waals surface area contributed by atoms with Gasteiger partial charge < -0.3 is 14.9 Å². The summed E-state index contributed by atoms with van der Waals surface area (Å²) >= 11 is 0. The van der Waals surface area contributed by atoms with Crippen molar-refractivity contribution in [2.24, 2.45) is 5.14 Å². The number of ether oxygens (including phenoxy) is 1. The van der Waals surface area contributed by atoms with Gasteiger partial charge in [-0.25, -0.2) is 24.3 Å². The number of nitrogens with two attached hydrogens (primary N) is 1. The van der Waals surface area contributed by atoms with Gasteiger partial charge in [-0.05, 0) is 11.6 Å². The molecule has 156 valence electrons. The van der Waals surface area contributed by atoms with Gasteiger partial charge in [0.05, 0.1) is 12.0 Å². The zero-order valence-corrected chi connectivity index (χ0v) is 16.1. The third kappa shape index (κ3) is 3.01. The second kappa shape index (κ2) is 6.63. The summed E-state index contributed by atoms with van der Waals surface area (Å²) in [4.78, 5) is 12.8. The molecule has 2 fully saturated rings. The summed E-state index contributed by atoms with van der Waals surface area (Å²) in [5.41, 5.74) is 0.522. The van der Waals surface area contributed by atoms with E-state index >= 15 is 0 Å². The fourth-order valence-electron chi connectivity index (χ4n) is 3.71. The predicted octanol–water partition coefficient (Wildman–Crippen LogP) is -0.412. The van der Waals surface area contributed by atoms with Gasteiger partial charge in [-0.3, -0.25) is 4.57 Å². The van der Waals surface area contributed by atoms with Crippen LogP contribution in [-0.2, 0) is 19.2 Å². The van der Waals surface area contributed by atoms with Crippen molar-refractivity contribution in [3.63, 3.8) is 0 Å². The molecule has 3 aromatic rings. The van der Waals surface area contributed by atoms with E-state index in [1.165, 1.54) is 17.2 Å². The van der Waals surface area contributed by atoms with Crippen LogP contribution in [0.5, 0.6) is 0 Å². The molecule has 0 bridgehead atoms. The smallest absolute Gasteiger partial charge is 0.333 e. The number of fused-ring (bicyclic) bond motifs is 2. The molecule has 0 radical (unpaired) electrons. The van der Waals surface area contributed by atoms with E-state index in [9.17, 15) is 18.6 Å². The minimum absolute atomic E-state index is 0.385. The lowest BCUT2D eigenvalue weighted by atomic mass is 10.1. The zero-order chi connectivity index (χ0) is 21.1. The molecule has 1 aliphatic heterocycles. The van der Waals surface area contributed by atoms with Crippen molar-refractivity contribution in [2.45, 2.75) is 30.1 Å². The Morgan fingerprint density at radius 1 is 1.20 bits per heavy atom. The van der Waals surface area contributed by atoms with Gasteiger partial charge >= 0.3 is 10.3 Å². The average Bonchev–Trinajstić information content (AvgIpc) is 3.01. The Kier molecular flexibility index (Phi) is 4.25. The van der Waals surface area contributed by atoms with Crippen LogP contribution < -0.4 is 5.14 Å². The van der Waals surface area contributed by atoms with Crippen molar-refractivity contribution in [2.75, 3.05) is 0 Å². The van der Waals surface area contributed by atoms with Crippen LogP contribution in [0, 0.1) is 0 Å². The number of rotatable bonds is 5. The molecule has 0 spiro atoms. The highest BCUT2D eigenvalue weighted by atomic mass is 32.2. The van der Waals surface area contributed by atoms with Gasteiger partial charge in [0.15, 0.2) is 17.5 Å². The Bertz CT molecular complexity index is 1250. The molecular weight excluding hydrogens is 414 g/mol. The summed E-state index contributed by atoms with van der Waals surface area (Å²) in [6.07, 6.45) is 1.61.